The van der Waals surface area contributed by atoms with Gasteiger partial charge in [-0.3, -0.25) is 66.1 Å². The van der Waals surface area contributed by atoms with E-state index in [-0.39, 0.29) is 26.2 Å². The number of carbonyl (C=O) groups is 5. The first-order chi connectivity index (χ1) is 24.2. The molecule has 0 aliphatic carbocycles. The van der Waals surface area contributed by atoms with E-state index in [4.69, 9.17) is 84.3 Å². The van der Waals surface area contributed by atoms with Gasteiger partial charge >= 0.3 is 75.4 Å². The van der Waals surface area contributed by atoms with Gasteiger partial charge in [-0.25, -0.2) is 4.90 Å². The Labute approximate surface area is 306 Å². The molecule has 0 spiro atoms. The Morgan fingerprint density at radius 1 is 0.327 bits per heavy atom. The van der Waals surface area contributed by atoms with E-state index < -0.39 is 130 Å². The summed E-state index contributed by atoms with van der Waals surface area (Å²) in [6.07, 6.45) is 0. The molecule has 0 saturated heterocycles. The molecule has 0 aromatic rings. The van der Waals surface area contributed by atoms with E-state index in [1.165, 1.54) is 4.90 Å². The first-order valence-corrected chi connectivity index (χ1v) is 23.7. The molecule has 38 heteroatoms. The summed E-state index contributed by atoms with van der Waals surface area (Å²) in [7, 11) is -39.3. The molecule has 0 aliphatic rings. The monoisotopic (exact) mass is 932 g/mol. The Bertz CT molecular complexity index is 1400. The lowest BCUT2D eigenvalue weighted by Gasteiger charge is -2.41. The maximum Gasteiger partial charge on any atom is 0.355 e. The zero-order chi connectivity index (χ0) is 44.3. The maximum atomic E-state index is 11.5. The van der Waals surface area contributed by atoms with Gasteiger partial charge in [-0.2, -0.15) is 0 Å². The van der Waals surface area contributed by atoms with Gasteiger partial charge in [0, 0.05) is 26.2 Å². The van der Waals surface area contributed by atoms with Gasteiger partial charge in [0.2, 0.25) is 16.6 Å². The van der Waals surface area contributed by atoms with Gasteiger partial charge in [-0.05, 0) is 0 Å². The molecule has 0 amide bonds. The van der Waals surface area contributed by atoms with Crippen LogP contribution in [-0.2, 0) is 51.4 Å². The van der Waals surface area contributed by atoms with Gasteiger partial charge < -0.3 is 84.3 Å². The Hall–Kier alpha value is -1.91. The van der Waals surface area contributed by atoms with E-state index in [0.29, 0.717) is 0 Å². The molecule has 0 heterocycles. The van der Waals surface area contributed by atoms with E-state index in [1.54, 1.807) is 0 Å². The van der Waals surface area contributed by atoms with Crippen LogP contribution in [0, 0.1) is 0 Å². The summed E-state index contributed by atoms with van der Waals surface area (Å²) in [5.74, 6) is -6.16. The first kappa shape index (κ1) is 55.2. The second kappa shape index (κ2) is 21.7. The van der Waals surface area contributed by atoms with Crippen LogP contribution in [0.1, 0.15) is 0 Å². The van der Waals surface area contributed by atoms with Crippen molar-refractivity contribution in [3.63, 3.8) is 0 Å². The van der Waals surface area contributed by atoms with Gasteiger partial charge in [0.05, 0.1) is 32.7 Å². The van der Waals surface area contributed by atoms with Crippen LogP contribution < -0.4 is 0 Å². The van der Waals surface area contributed by atoms with E-state index in [9.17, 15) is 51.4 Å². The average Bonchev–Trinajstić information content (AvgIpc) is 2.83. The molecule has 32 nitrogen and oxygen atoms in total. The van der Waals surface area contributed by atoms with Crippen LogP contribution in [0.4, 0.5) is 0 Å². The summed E-state index contributed by atoms with van der Waals surface area (Å²) in [6.45, 7) is -2.74. The number of aliphatic carboxylic acids is 5. The lowest BCUT2D eigenvalue weighted by molar-refractivity contribution is -0.143. The van der Waals surface area contributed by atoms with Crippen LogP contribution in [0.15, 0.2) is 0 Å². The second-order valence-corrected chi connectivity index (χ2v) is 21.9. The SMILES string of the molecule is O=C(O)CN(CCN(CC(=O)O)CC(=O)O)CCN(CC(=O)O)CC(=O)O.O=P(O)(O)C(N(C(P(=O)(O)O)P(=O)(O)O)C(P(=O)(O)O)P(=O)(O)O)P(=O)(O)O. The van der Waals surface area contributed by atoms with Crippen molar-refractivity contribution in [1.82, 2.24) is 19.6 Å². The number of rotatable bonds is 25. The summed E-state index contributed by atoms with van der Waals surface area (Å²) in [5, 5.41) is 44.1. The number of carboxylic acids is 5. The van der Waals surface area contributed by atoms with Crippen molar-refractivity contribution >= 4 is 75.4 Å². The minimum atomic E-state index is -6.55. The van der Waals surface area contributed by atoms with Gasteiger partial charge in [0.25, 0.3) is 0 Å². The van der Waals surface area contributed by atoms with Crippen LogP contribution in [0.5, 0.6) is 0 Å². The molecule has 0 unspecified atom stereocenters. The highest BCUT2D eigenvalue weighted by atomic mass is 31.3. The maximum absolute atomic E-state index is 11.5. The Kier molecular flexibility index (Phi) is 21.8. The third-order valence-corrected chi connectivity index (χ3v) is 16.5. The highest BCUT2D eigenvalue weighted by molar-refractivity contribution is 7.74. The molecule has 17 N–H and O–H groups in total. The molecule has 0 saturated carbocycles. The lowest BCUT2D eigenvalue weighted by Crippen LogP contribution is -2.48. The molecule has 0 bridgehead atoms. The van der Waals surface area contributed by atoms with E-state index in [2.05, 4.69) is 0 Å². The predicted molar refractivity (Wildman–Crippen MR) is 173 cm³/mol. The van der Waals surface area contributed by atoms with Crippen LogP contribution in [0.25, 0.3) is 0 Å². The smallest absolute Gasteiger partial charge is 0.355 e. The molecular formula is C17H38N4O28P6. The molecule has 0 aromatic heterocycles. The van der Waals surface area contributed by atoms with Gasteiger partial charge in [-0.1, -0.05) is 0 Å². The van der Waals surface area contributed by atoms with Crippen molar-refractivity contribution in [3.8, 4) is 0 Å². The summed E-state index contributed by atoms with van der Waals surface area (Å²) in [5.41, 5.74) is -12.5. The average molecular weight is 932 g/mol. The number of carboxylic acid groups (broad SMARTS) is 5. The molecule has 0 fully saturated rings. The van der Waals surface area contributed by atoms with Crippen LogP contribution in [0.2, 0.25) is 0 Å². The molecule has 0 rings (SSSR count). The quantitative estimate of drug-likeness (QED) is 0.0380. The highest BCUT2D eigenvalue weighted by Crippen LogP contribution is 2.74. The fraction of sp³-hybridized carbons (Fsp3) is 0.706. The Balaban J connectivity index is 0. The number of hydrogen-bond donors (Lipinski definition) is 17. The van der Waals surface area contributed by atoms with Crippen molar-refractivity contribution in [2.75, 3.05) is 58.9 Å². The fourth-order valence-corrected chi connectivity index (χ4v) is 13.9. The Morgan fingerprint density at radius 3 is 0.618 bits per heavy atom. The molecule has 55 heavy (non-hydrogen) atoms. The summed E-state index contributed by atoms with van der Waals surface area (Å²) >= 11 is 0. The predicted octanol–water partition coefficient (Wildman–Crippen LogP) is -5.48. The third-order valence-electron chi connectivity index (χ3n) is 5.86. The van der Waals surface area contributed by atoms with Crippen molar-refractivity contribution in [2.24, 2.45) is 0 Å². The molecule has 0 aliphatic heterocycles. The van der Waals surface area contributed by atoms with Gasteiger partial charge in [0.1, 0.15) is 0 Å². The van der Waals surface area contributed by atoms with E-state index >= 15 is 0 Å². The normalized spacial score (nSPS) is 13.5. The van der Waals surface area contributed by atoms with Crippen LogP contribution in [-0.4, -0.2) is 209 Å². The summed E-state index contributed by atoms with van der Waals surface area (Å²) < 4.78 is 68.9. The van der Waals surface area contributed by atoms with Crippen molar-refractivity contribution in [1.29, 1.82) is 0 Å². The Morgan fingerprint density at radius 2 is 0.473 bits per heavy atom. The second-order valence-electron chi connectivity index (χ2n) is 10.7. The minimum absolute atomic E-state index is 0.000836. The zero-order valence-corrected chi connectivity index (χ0v) is 32.5. The number of nitrogens with zero attached hydrogens (tertiary/aromatic N) is 4. The van der Waals surface area contributed by atoms with Crippen molar-refractivity contribution in [2.45, 2.75) is 16.6 Å². The highest BCUT2D eigenvalue weighted by Gasteiger charge is 2.66. The topological polar surface area (TPSA) is 545 Å². The van der Waals surface area contributed by atoms with Gasteiger partial charge in [0.15, 0.2) is 0 Å². The molecule has 0 aromatic carbocycles. The van der Waals surface area contributed by atoms with Gasteiger partial charge in [-0.15, -0.1) is 0 Å². The van der Waals surface area contributed by atoms with Crippen molar-refractivity contribution < 1.29 is 136 Å². The lowest BCUT2D eigenvalue weighted by atomic mass is 10.3. The largest absolute Gasteiger partial charge is 0.480 e. The summed E-state index contributed by atoms with van der Waals surface area (Å²) in [4.78, 5) is 165. The molecule has 0 atom stereocenters. The first-order valence-electron chi connectivity index (χ1n) is 13.6. The zero-order valence-electron chi connectivity index (χ0n) is 27.2. The molecular weight excluding hydrogens is 894 g/mol. The number of hydrogen-bond acceptors (Lipinski definition) is 15. The third kappa shape index (κ3) is 22.6. The van der Waals surface area contributed by atoms with Crippen LogP contribution >= 0.6 is 45.6 Å². The minimum Gasteiger partial charge on any atom is -0.480 e. The summed E-state index contributed by atoms with van der Waals surface area (Å²) in [6, 6.07) is 0. The van der Waals surface area contributed by atoms with Crippen molar-refractivity contribution in [3.05, 3.63) is 0 Å². The molecule has 324 valence electrons. The molecule has 0 radical (unpaired) electrons. The van der Waals surface area contributed by atoms with E-state index in [1.807, 2.05) is 0 Å². The fourth-order valence-electron chi connectivity index (χ4n) is 4.21. The standard InChI is InChI=1S/C14H23N3O10.C3H15NO18P6/c18-10(19)5-15(1-3-16(6-11(20)21)7-12(22)23)2-4-17(8-13(24)25)9-14(26)27;5-23(6,7)1(24(8,9)10)4(2(25(11,12)13)26(14,15)16)3(27(17,18)19)28(20,21)22/h1-9H2,(H,18,19)(H,20,21)(H,22,23)(H,24,25)(H,26,27);1-3H,(H2,5,6,7)(H2,8,9,10)(H2,11,12,13)(H2,14,15,16)(H2,17,18,19)(H2,20,21,22). The van der Waals surface area contributed by atoms with E-state index in [0.717, 1.165) is 9.80 Å². The van der Waals surface area contributed by atoms with Crippen LogP contribution in [0.3, 0.4) is 0 Å².